The van der Waals surface area contributed by atoms with Gasteiger partial charge in [0.1, 0.15) is 22.8 Å². The number of halogens is 2. The number of rotatable bonds is 9. The van der Waals surface area contributed by atoms with Crippen molar-refractivity contribution in [3.8, 4) is 17.2 Å². The van der Waals surface area contributed by atoms with Crippen LogP contribution in [-0.4, -0.2) is 38.0 Å². The molecule has 0 aromatic heterocycles. The Kier molecular flexibility index (Phi) is 11.6. The normalized spacial score (nSPS) is 16.6. The van der Waals surface area contributed by atoms with E-state index in [2.05, 4.69) is 17.9 Å². The van der Waals surface area contributed by atoms with Gasteiger partial charge in [0.15, 0.2) is 0 Å². The van der Waals surface area contributed by atoms with Crippen molar-refractivity contribution in [3.63, 3.8) is 0 Å². The van der Waals surface area contributed by atoms with Crippen molar-refractivity contribution in [2.24, 2.45) is 11.8 Å². The van der Waals surface area contributed by atoms with Crippen LogP contribution in [0.1, 0.15) is 48.5 Å². The van der Waals surface area contributed by atoms with E-state index in [0.29, 0.717) is 46.9 Å². The summed E-state index contributed by atoms with van der Waals surface area (Å²) < 4.78 is 21.6. The summed E-state index contributed by atoms with van der Waals surface area (Å²) in [6.45, 7) is 1.64. The number of methoxy groups -OCH3 is 2. The fraction of sp³-hybridized carbons (Fsp3) is 0.273. The molecule has 0 bridgehead atoms. The minimum absolute atomic E-state index is 0.0135. The Morgan fingerprint density at radius 3 is 2.18 bits per heavy atom. The summed E-state index contributed by atoms with van der Waals surface area (Å²) in [5.74, 6) is -4.44. The molecule has 236 valence electrons. The number of carbonyl (C=O) groups excluding carboxylic acids is 4. The molecule has 1 saturated carbocycles. The van der Waals surface area contributed by atoms with Gasteiger partial charge >= 0.3 is 17.9 Å². The average Bonchev–Trinajstić information content (AvgIpc) is 3.04. The minimum Gasteiger partial charge on any atom is -0.496 e. The zero-order valence-corrected chi connectivity index (χ0v) is 27.1. The molecule has 1 amide bonds. The molecule has 2 unspecified atom stereocenters. The first-order chi connectivity index (χ1) is 21.5. The third kappa shape index (κ3) is 8.00. The second kappa shape index (κ2) is 15.3. The van der Waals surface area contributed by atoms with Gasteiger partial charge in [-0.15, -0.1) is 12.6 Å². The lowest BCUT2D eigenvalue weighted by molar-refractivity contribution is -0.145. The molecule has 12 heteroatoms. The van der Waals surface area contributed by atoms with E-state index in [0.717, 1.165) is 6.42 Å². The zero-order valence-electron chi connectivity index (χ0n) is 24.7. The molecule has 3 aromatic carbocycles. The van der Waals surface area contributed by atoms with Gasteiger partial charge in [0, 0.05) is 10.6 Å². The second-order valence-corrected chi connectivity index (χ2v) is 11.5. The Labute approximate surface area is 276 Å². The summed E-state index contributed by atoms with van der Waals surface area (Å²) in [6.07, 6.45) is 2.28. The highest BCUT2D eigenvalue weighted by atomic mass is 35.5. The molecular weight excluding hydrogens is 641 g/mol. The number of hydrogen-bond acceptors (Lipinski definition) is 9. The van der Waals surface area contributed by atoms with Crippen molar-refractivity contribution < 1.29 is 38.1 Å². The van der Waals surface area contributed by atoms with Gasteiger partial charge in [0.05, 0.1) is 41.7 Å². The smallest absolute Gasteiger partial charge is 0.353 e. The molecule has 0 aliphatic heterocycles. The highest BCUT2D eigenvalue weighted by Gasteiger charge is 2.38. The van der Waals surface area contributed by atoms with Gasteiger partial charge in [-0.1, -0.05) is 60.3 Å². The number of esters is 3. The van der Waals surface area contributed by atoms with Gasteiger partial charge < -0.3 is 24.3 Å². The van der Waals surface area contributed by atoms with E-state index >= 15 is 0 Å². The topological polar surface area (TPSA) is 117 Å². The van der Waals surface area contributed by atoms with E-state index in [1.54, 1.807) is 43.3 Å². The summed E-state index contributed by atoms with van der Waals surface area (Å²) >= 11 is 16.5. The molecule has 9 nitrogen and oxygen atoms in total. The van der Waals surface area contributed by atoms with E-state index in [1.165, 1.54) is 38.5 Å². The van der Waals surface area contributed by atoms with Crippen LogP contribution < -0.4 is 19.5 Å². The molecule has 1 aliphatic rings. The summed E-state index contributed by atoms with van der Waals surface area (Å²) in [4.78, 5) is 53.0. The maximum absolute atomic E-state index is 13.5. The maximum Gasteiger partial charge on any atom is 0.353 e. The Morgan fingerprint density at radius 1 is 0.844 bits per heavy atom. The van der Waals surface area contributed by atoms with Crippen LogP contribution in [-0.2, 0) is 19.1 Å². The number of thiol groups is 1. The van der Waals surface area contributed by atoms with Gasteiger partial charge in [0.2, 0.25) is 5.91 Å². The number of ether oxygens (including phenoxy) is 4. The highest BCUT2D eigenvalue weighted by molar-refractivity contribution is 7.85. The molecular formula is C33H31Cl2NO8S. The largest absolute Gasteiger partial charge is 0.496 e. The molecule has 4 rings (SSSR count). The third-order valence-corrected chi connectivity index (χ3v) is 8.53. The molecule has 1 aliphatic carbocycles. The van der Waals surface area contributed by atoms with Crippen LogP contribution in [0.3, 0.4) is 0 Å². The number of para-hydroxylation sites is 1. The van der Waals surface area contributed by atoms with E-state index in [-0.39, 0.29) is 27.0 Å². The molecule has 1 N–H and O–H groups in total. The number of anilines is 1. The third-order valence-electron chi connectivity index (χ3n) is 7.46. The lowest BCUT2D eigenvalue weighted by Crippen LogP contribution is -2.38. The zero-order chi connectivity index (χ0) is 32.7. The number of allylic oxidation sites excluding steroid dienone is 1. The van der Waals surface area contributed by atoms with Crippen LogP contribution >= 0.6 is 35.8 Å². The predicted octanol–water partition coefficient (Wildman–Crippen LogP) is 7.41. The van der Waals surface area contributed by atoms with Gasteiger partial charge in [-0.2, -0.15) is 0 Å². The Hall–Kier alpha value is -3.99. The molecule has 0 heterocycles. The SMILES string of the molecule is COc1ccccc1/C(C)=C(/S)C(=O)OC(=O)c1c(OC)cccc1OC(=O)C1CCCCC1C(=O)Nc1ccc(Cl)cc1Cl. The van der Waals surface area contributed by atoms with E-state index in [4.69, 9.17) is 42.1 Å². The van der Waals surface area contributed by atoms with Crippen LogP contribution in [0.15, 0.2) is 65.6 Å². The quantitative estimate of drug-likeness (QED) is 0.0794. The summed E-state index contributed by atoms with van der Waals surface area (Å²) in [5.41, 5.74) is 1.10. The van der Waals surface area contributed by atoms with Crippen LogP contribution in [0.25, 0.3) is 5.57 Å². The van der Waals surface area contributed by atoms with Gasteiger partial charge in [-0.05, 0) is 61.7 Å². The van der Waals surface area contributed by atoms with Crippen molar-refractivity contribution in [3.05, 3.63) is 86.7 Å². The molecule has 0 spiro atoms. The first kappa shape index (κ1) is 33.9. The second-order valence-electron chi connectivity index (χ2n) is 10.2. The van der Waals surface area contributed by atoms with Crippen molar-refractivity contribution >= 4 is 70.9 Å². The van der Waals surface area contributed by atoms with Crippen LogP contribution in [0.5, 0.6) is 17.2 Å². The van der Waals surface area contributed by atoms with Crippen molar-refractivity contribution in [2.75, 3.05) is 19.5 Å². The number of nitrogens with one attached hydrogen (secondary N) is 1. The molecule has 0 saturated heterocycles. The monoisotopic (exact) mass is 671 g/mol. The Bertz CT molecular complexity index is 1660. The fourth-order valence-corrected chi connectivity index (χ4v) is 5.73. The van der Waals surface area contributed by atoms with Gasteiger partial charge in [-0.25, -0.2) is 9.59 Å². The molecule has 0 radical (unpaired) electrons. The summed E-state index contributed by atoms with van der Waals surface area (Å²) in [6, 6.07) is 16.0. The first-order valence-corrected chi connectivity index (χ1v) is 15.2. The number of benzene rings is 3. The van der Waals surface area contributed by atoms with Gasteiger partial charge in [-0.3, -0.25) is 9.59 Å². The average molecular weight is 673 g/mol. The van der Waals surface area contributed by atoms with Crippen LogP contribution in [0.2, 0.25) is 10.0 Å². The Morgan fingerprint density at radius 2 is 1.49 bits per heavy atom. The maximum atomic E-state index is 13.5. The van der Waals surface area contributed by atoms with Crippen molar-refractivity contribution in [2.45, 2.75) is 32.6 Å². The van der Waals surface area contributed by atoms with Crippen molar-refractivity contribution in [1.82, 2.24) is 0 Å². The molecule has 3 aromatic rings. The van der Waals surface area contributed by atoms with Gasteiger partial charge in [0.25, 0.3) is 0 Å². The Balaban J connectivity index is 1.55. The predicted molar refractivity (Wildman–Crippen MR) is 174 cm³/mol. The number of carbonyl (C=O) groups is 4. The standard InChI is InChI=1S/C33H31Cl2NO8S/c1-18(20-9-6-7-12-25(20)41-2)29(45)33(40)44-32(39)28-26(42-3)13-8-14-27(28)43-31(38)22-11-5-4-10-21(22)30(37)36-24-16-15-19(34)17-23(24)35/h6-9,12-17,21-22,45H,4-5,10-11H2,1-3H3,(H,36,37)/b29-18+. The van der Waals surface area contributed by atoms with Crippen LogP contribution in [0.4, 0.5) is 5.69 Å². The first-order valence-electron chi connectivity index (χ1n) is 14.0. The molecule has 2 atom stereocenters. The van der Waals surface area contributed by atoms with Crippen LogP contribution in [0, 0.1) is 11.8 Å². The summed E-state index contributed by atoms with van der Waals surface area (Å²) in [7, 11) is 2.81. The molecule has 1 fully saturated rings. The highest BCUT2D eigenvalue weighted by Crippen LogP contribution is 2.36. The molecule has 45 heavy (non-hydrogen) atoms. The van der Waals surface area contributed by atoms with E-state index in [1.807, 2.05) is 0 Å². The van der Waals surface area contributed by atoms with Crippen molar-refractivity contribution in [1.29, 1.82) is 0 Å². The number of amides is 1. The lowest BCUT2D eigenvalue weighted by Gasteiger charge is -2.29. The minimum atomic E-state index is -1.12. The fourth-order valence-electron chi connectivity index (χ4n) is 5.11. The summed E-state index contributed by atoms with van der Waals surface area (Å²) in [5, 5.41) is 3.45. The van der Waals surface area contributed by atoms with E-state index < -0.39 is 35.7 Å². The lowest BCUT2D eigenvalue weighted by atomic mass is 9.78. The number of hydrogen-bond donors (Lipinski definition) is 2. The van der Waals surface area contributed by atoms with E-state index in [9.17, 15) is 19.2 Å².